The highest BCUT2D eigenvalue weighted by atomic mass is 32.2. The number of hydrogen-bond donors (Lipinski definition) is 1. The molecule has 1 aliphatic heterocycles. The summed E-state index contributed by atoms with van der Waals surface area (Å²) in [5.74, 6) is 1.16. The van der Waals surface area contributed by atoms with Gasteiger partial charge in [0, 0.05) is 5.69 Å². The van der Waals surface area contributed by atoms with Crippen LogP contribution in [0.3, 0.4) is 0 Å². The lowest BCUT2D eigenvalue weighted by molar-refractivity contribution is -0.118. The van der Waals surface area contributed by atoms with Gasteiger partial charge in [0.2, 0.25) is 5.91 Å². The molecule has 0 aliphatic carbocycles. The minimum Gasteiger partial charge on any atom is -0.304 e. The fourth-order valence-electron chi connectivity index (χ4n) is 2.54. The second-order valence-corrected chi connectivity index (χ2v) is 7.44. The lowest BCUT2D eigenvalue weighted by Crippen LogP contribution is -2.26. The summed E-state index contributed by atoms with van der Waals surface area (Å²) in [6, 6.07) is 14.2. The van der Waals surface area contributed by atoms with Crippen LogP contribution >= 0.6 is 11.8 Å². The molecule has 1 aliphatic rings. The Hall–Kier alpha value is -2.14. The molecule has 1 saturated heterocycles. The van der Waals surface area contributed by atoms with E-state index in [0.29, 0.717) is 23.3 Å². The molecule has 2 aromatic rings. The number of carbonyl (C=O) groups is 1. The molecule has 1 aromatic heterocycles. The van der Waals surface area contributed by atoms with E-state index in [-0.39, 0.29) is 11.2 Å². The number of hydrogen-bond acceptors (Lipinski definition) is 4. The van der Waals surface area contributed by atoms with Crippen LogP contribution in [0.5, 0.6) is 0 Å². The van der Waals surface area contributed by atoms with E-state index in [9.17, 15) is 4.79 Å². The fraction of sp³-hybridized carbons (Fsp3) is 0.316. The van der Waals surface area contributed by atoms with Gasteiger partial charge >= 0.3 is 0 Å². The number of pyridine rings is 1. The number of carbonyl (C=O) groups excluding carboxylic acids is 1. The summed E-state index contributed by atoms with van der Waals surface area (Å²) in [5, 5.41) is 3.34. The maximum Gasteiger partial charge on any atom is 0.239 e. The number of amidine groups is 1. The Morgan fingerprint density at radius 1 is 1.21 bits per heavy atom. The van der Waals surface area contributed by atoms with Crippen molar-refractivity contribution in [3.05, 3.63) is 59.3 Å². The predicted octanol–water partition coefficient (Wildman–Crippen LogP) is 3.98. The van der Waals surface area contributed by atoms with Crippen LogP contribution in [0.15, 0.2) is 47.5 Å². The second kappa shape index (κ2) is 7.18. The lowest BCUT2D eigenvalue weighted by Gasteiger charge is -2.08. The van der Waals surface area contributed by atoms with Gasteiger partial charge in [-0.3, -0.25) is 4.79 Å². The van der Waals surface area contributed by atoms with Gasteiger partial charge in [0.15, 0.2) is 11.0 Å². The maximum absolute atomic E-state index is 12.2. The first-order valence-corrected chi connectivity index (χ1v) is 8.98. The molecule has 124 valence electrons. The number of thioether (sulfide) groups is 1. The largest absolute Gasteiger partial charge is 0.304 e. The molecule has 1 N–H and O–H groups in total. The Bertz CT molecular complexity index is 768. The zero-order chi connectivity index (χ0) is 17.1. The highest BCUT2D eigenvalue weighted by molar-refractivity contribution is 8.15. The molecular weight excluding hydrogens is 318 g/mol. The second-order valence-electron chi connectivity index (χ2n) is 6.25. The van der Waals surface area contributed by atoms with E-state index in [0.717, 1.165) is 5.69 Å². The third-order valence-electron chi connectivity index (χ3n) is 3.93. The summed E-state index contributed by atoms with van der Waals surface area (Å²) in [6.45, 7) is 6.28. The normalized spacial score (nSPS) is 19.1. The lowest BCUT2D eigenvalue weighted by atomic mass is 10.0. The number of aliphatic imine (C=N–C) groups is 1. The molecule has 1 unspecified atom stereocenters. The quantitative estimate of drug-likeness (QED) is 0.917. The molecule has 0 radical (unpaired) electrons. The van der Waals surface area contributed by atoms with Crippen LogP contribution in [-0.2, 0) is 11.2 Å². The van der Waals surface area contributed by atoms with Crippen molar-refractivity contribution in [2.75, 3.05) is 0 Å². The van der Waals surface area contributed by atoms with E-state index in [4.69, 9.17) is 0 Å². The van der Waals surface area contributed by atoms with Crippen molar-refractivity contribution in [3.8, 4) is 0 Å². The summed E-state index contributed by atoms with van der Waals surface area (Å²) in [7, 11) is 0. The highest BCUT2D eigenvalue weighted by Crippen LogP contribution is 2.26. The van der Waals surface area contributed by atoms with E-state index in [1.165, 1.54) is 22.9 Å². The van der Waals surface area contributed by atoms with Crippen LogP contribution in [0.25, 0.3) is 0 Å². The summed E-state index contributed by atoms with van der Waals surface area (Å²) < 4.78 is 0. The van der Waals surface area contributed by atoms with Gasteiger partial charge in [-0.25, -0.2) is 9.98 Å². The van der Waals surface area contributed by atoms with Gasteiger partial charge in [0.1, 0.15) is 0 Å². The van der Waals surface area contributed by atoms with Gasteiger partial charge in [0.25, 0.3) is 0 Å². The molecule has 5 heteroatoms. The molecule has 4 nitrogen and oxygen atoms in total. The molecular formula is C19H21N3OS. The Balaban J connectivity index is 1.68. The smallest absolute Gasteiger partial charge is 0.239 e. The Morgan fingerprint density at radius 2 is 1.96 bits per heavy atom. The predicted molar refractivity (Wildman–Crippen MR) is 99.8 cm³/mol. The van der Waals surface area contributed by atoms with Crippen LogP contribution in [-0.4, -0.2) is 21.3 Å². The molecule has 0 spiro atoms. The minimum absolute atomic E-state index is 0.0133. The van der Waals surface area contributed by atoms with Gasteiger partial charge in [-0.1, -0.05) is 55.9 Å². The fourth-order valence-corrected chi connectivity index (χ4v) is 3.56. The van der Waals surface area contributed by atoms with Gasteiger partial charge in [0.05, 0.1) is 5.25 Å². The zero-order valence-corrected chi connectivity index (χ0v) is 14.9. The van der Waals surface area contributed by atoms with Crippen molar-refractivity contribution in [1.82, 2.24) is 10.3 Å². The Labute approximate surface area is 146 Å². The first kappa shape index (κ1) is 16.7. The van der Waals surface area contributed by atoms with Crippen LogP contribution < -0.4 is 5.32 Å². The van der Waals surface area contributed by atoms with Crippen LogP contribution in [0.4, 0.5) is 5.82 Å². The molecule has 1 amide bonds. The number of benzene rings is 1. The SMILES string of the molecule is Cc1cccc(N=C2NC(=O)C(Cc3ccc(C(C)C)cc3)S2)n1. The molecule has 2 heterocycles. The Morgan fingerprint density at radius 3 is 2.62 bits per heavy atom. The van der Waals surface area contributed by atoms with E-state index in [2.05, 4.69) is 53.4 Å². The van der Waals surface area contributed by atoms with Crippen LogP contribution in [0.2, 0.25) is 0 Å². The standard InChI is InChI=1S/C19H21N3OS/c1-12(2)15-9-7-14(8-10-15)11-16-18(23)22-19(24-16)21-17-6-4-5-13(3)20-17/h4-10,12,16H,11H2,1-3H3,(H,20,21,22,23). The molecule has 0 bridgehead atoms. The number of nitrogens with zero attached hydrogens (tertiary/aromatic N) is 2. The van der Waals surface area contributed by atoms with Gasteiger partial charge in [-0.15, -0.1) is 0 Å². The van der Waals surface area contributed by atoms with Crippen LogP contribution in [0.1, 0.15) is 36.6 Å². The van der Waals surface area contributed by atoms with E-state index in [1.54, 1.807) is 0 Å². The first-order valence-electron chi connectivity index (χ1n) is 8.10. The van der Waals surface area contributed by atoms with Crippen molar-refractivity contribution in [1.29, 1.82) is 0 Å². The molecule has 1 fully saturated rings. The average Bonchev–Trinajstić information content (AvgIpc) is 2.87. The summed E-state index contributed by atoms with van der Waals surface area (Å²) >= 11 is 1.47. The average molecular weight is 339 g/mol. The van der Waals surface area contributed by atoms with Crippen molar-refractivity contribution in [2.45, 2.75) is 38.4 Å². The molecule has 24 heavy (non-hydrogen) atoms. The number of aryl methyl sites for hydroxylation is 1. The number of amides is 1. The molecule has 3 rings (SSSR count). The molecule has 1 aromatic carbocycles. The van der Waals surface area contributed by atoms with E-state index >= 15 is 0 Å². The van der Waals surface area contributed by atoms with Crippen LogP contribution in [0, 0.1) is 6.92 Å². The van der Waals surface area contributed by atoms with Crippen molar-refractivity contribution in [2.24, 2.45) is 4.99 Å². The number of rotatable bonds is 4. The zero-order valence-electron chi connectivity index (χ0n) is 14.1. The number of aromatic nitrogens is 1. The highest BCUT2D eigenvalue weighted by Gasteiger charge is 2.30. The van der Waals surface area contributed by atoms with Crippen molar-refractivity contribution < 1.29 is 4.79 Å². The topological polar surface area (TPSA) is 54.4 Å². The monoisotopic (exact) mass is 339 g/mol. The number of nitrogens with one attached hydrogen (secondary N) is 1. The third-order valence-corrected chi connectivity index (χ3v) is 5.02. The maximum atomic E-state index is 12.2. The third kappa shape index (κ3) is 4.03. The Kier molecular flexibility index (Phi) is 5.00. The summed E-state index contributed by atoms with van der Waals surface area (Å²) in [4.78, 5) is 21.0. The van der Waals surface area contributed by atoms with Gasteiger partial charge in [-0.05, 0) is 42.5 Å². The minimum atomic E-state index is -0.140. The van der Waals surface area contributed by atoms with E-state index in [1.807, 2.05) is 25.1 Å². The van der Waals surface area contributed by atoms with Gasteiger partial charge in [-0.2, -0.15) is 0 Å². The molecule has 0 saturated carbocycles. The van der Waals surface area contributed by atoms with Gasteiger partial charge < -0.3 is 5.32 Å². The first-order chi connectivity index (χ1) is 11.5. The summed E-state index contributed by atoms with van der Waals surface area (Å²) in [5.41, 5.74) is 3.39. The van der Waals surface area contributed by atoms with Crippen molar-refractivity contribution >= 4 is 28.7 Å². The van der Waals surface area contributed by atoms with E-state index < -0.39 is 0 Å². The van der Waals surface area contributed by atoms with Crippen molar-refractivity contribution in [3.63, 3.8) is 0 Å². The molecule has 1 atom stereocenters. The summed E-state index contributed by atoms with van der Waals surface area (Å²) in [6.07, 6.45) is 0.704.